The molecule has 3 aromatic rings. The average Bonchev–Trinajstić information content (AvgIpc) is 3.27. The molecule has 1 N–H and O–H groups in total. The van der Waals surface area contributed by atoms with Gasteiger partial charge in [-0.15, -0.1) is 0 Å². The highest BCUT2D eigenvalue weighted by molar-refractivity contribution is 5.95. The van der Waals surface area contributed by atoms with Crippen LogP contribution >= 0.6 is 0 Å². The number of fused-ring (bicyclic) bond motifs is 3. The number of aliphatic carboxylic acids is 1. The Hall–Kier alpha value is -3.46. The van der Waals surface area contributed by atoms with Crippen LogP contribution in [0.15, 0.2) is 30.3 Å². The number of anilines is 1. The summed E-state index contributed by atoms with van der Waals surface area (Å²) in [6.07, 6.45) is 2.97. The predicted molar refractivity (Wildman–Crippen MR) is 137 cm³/mol. The minimum absolute atomic E-state index is 0.00947. The summed E-state index contributed by atoms with van der Waals surface area (Å²) in [7, 11) is 1.37. The summed E-state index contributed by atoms with van der Waals surface area (Å²) >= 11 is 0. The zero-order valence-electron chi connectivity index (χ0n) is 21.4. The summed E-state index contributed by atoms with van der Waals surface area (Å²) in [6.45, 7) is 4.85. The van der Waals surface area contributed by atoms with Crippen LogP contribution in [0.3, 0.4) is 0 Å². The highest BCUT2D eigenvalue weighted by atomic mass is 19.1. The van der Waals surface area contributed by atoms with Crippen LogP contribution in [0.25, 0.3) is 11.0 Å². The zero-order valence-corrected chi connectivity index (χ0v) is 21.4. The number of carbonyl (C=O) groups excluding carboxylic acids is 1. The van der Waals surface area contributed by atoms with Crippen molar-refractivity contribution in [1.29, 1.82) is 0 Å². The molecule has 0 radical (unpaired) electrons. The third-order valence-corrected chi connectivity index (χ3v) is 7.68. The molecule has 0 saturated carbocycles. The molecule has 9 heteroatoms. The number of hydrogen-bond donors (Lipinski definition) is 1. The lowest BCUT2D eigenvalue weighted by Gasteiger charge is -2.34. The molecular weight excluding hydrogens is 477 g/mol. The topological polar surface area (TPSA) is 93.9 Å². The van der Waals surface area contributed by atoms with E-state index in [1.165, 1.54) is 13.2 Å². The van der Waals surface area contributed by atoms with Gasteiger partial charge in [-0.25, -0.2) is 14.2 Å². The maximum absolute atomic E-state index is 14.4. The lowest BCUT2D eigenvalue weighted by molar-refractivity contribution is -0.138. The van der Waals surface area contributed by atoms with Crippen molar-refractivity contribution in [2.24, 2.45) is 0 Å². The van der Waals surface area contributed by atoms with Crippen molar-refractivity contribution < 1.29 is 28.6 Å². The summed E-state index contributed by atoms with van der Waals surface area (Å²) in [5.41, 5.74) is 4.24. The predicted octanol–water partition coefficient (Wildman–Crippen LogP) is 5.15. The molecule has 37 heavy (non-hydrogen) atoms. The Kier molecular flexibility index (Phi) is 6.90. The van der Waals surface area contributed by atoms with Crippen LogP contribution in [0.2, 0.25) is 0 Å². The monoisotopic (exact) mass is 509 g/mol. The van der Waals surface area contributed by atoms with E-state index in [-0.39, 0.29) is 18.5 Å². The minimum Gasteiger partial charge on any atom is -0.481 e. The third-order valence-electron chi connectivity index (χ3n) is 7.68. The summed E-state index contributed by atoms with van der Waals surface area (Å²) in [6, 6.07) is 8.47. The largest absolute Gasteiger partial charge is 0.481 e. The maximum Gasteiger partial charge on any atom is 0.414 e. The van der Waals surface area contributed by atoms with Gasteiger partial charge in [0.15, 0.2) is 0 Å². The van der Waals surface area contributed by atoms with Crippen LogP contribution in [0.5, 0.6) is 0 Å². The lowest BCUT2D eigenvalue weighted by Crippen LogP contribution is -2.42. The van der Waals surface area contributed by atoms with E-state index >= 15 is 0 Å². The normalized spacial score (nSPS) is 20.5. The van der Waals surface area contributed by atoms with E-state index in [1.54, 1.807) is 24.0 Å². The van der Waals surface area contributed by atoms with Crippen LogP contribution in [0.1, 0.15) is 60.7 Å². The van der Waals surface area contributed by atoms with Crippen molar-refractivity contribution in [2.75, 3.05) is 25.2 Å². The Labute approximate surface area is 215 Å². The van der Waals surface area contributed by atoms with E-state index in [2.05, 4.69) is 4.57 Å². The molecule has 0 spiro atoms. The first-order valence-electron chi connectivity index (χ1n) is 12.8. The first-order valence-corrected chi connectivity index (χ1v) is 12.8. The molecule has 2 aliphatic heterocycles. The number of methoxy groups -OCH3 is 1. The molecule has 2 unspecified atom stereocenters. The zero-order chi connectivity index (χ0) is 26.3. The second-order valence-electron chi connectivity index (χ2n) is 10.0. The van der Waals surface area contributed by atoms with Crippen LogP contribution in [0.4, 0.5) is 14.9 Å². The molecule has 1 fully saturated rings. The van der Waals surface area contributed by atoms with Crippen LogP contribution in [-0.2, 0) is 27.1 Å². The van der Waals surface area contributed by atoms with Gasteiger partial charge in [-0.1, -0.05) is 12.1 Å². The second-order valence-corrected chi connectivity index (χ2v) is 10.0. The van der Waals surface area contributed by atoms with Gasteiger partial charge in [-0.2, -0.15) is 0 Å². The van der Waals surface area contributed by atoms with Crippen LogP contribution in [0, 0.1) is 12.7 Å². The Morgan fingerprint density at radius 1 is 1.27 bits per heavy atom. The number of amides is 1. The number of hydrogen-bond acceptors (Lipinski definition) is 5. The molecule has 3 atom stereocenters. The number of rotatable bonds is 5. The molecule has 8 nitrogen and oxygen atoms in total. The molecule has 196 valence electrons. The number of carboxylic acids is 1. The number of nitrogens with zero attached hydrogens (tertiary/aromatic N) is 3. The molecule has 1 amide bonds. The summed E-state index contributed by atoms with van der Waals surface area (Å²) < 4.78 is 27.3. The van der Waals surface area contributed by atoms with Crippen molar-refractivity contribution >= 4 is 28.8 Å². The standard InChI is InChI=1S/C28H32FN3O5/c1-16-6-8-18(13-22(16)29)21(27(33)34)14-25-30-26-20-9-7-17(2)31(28(35)36-3)23(20)10-11-24(26)32(25)19-5-4-12-37-15-19/h6,8,10-11,13,17,19,21H,4-5,7,9,12,14-15H2,1-3H3,(H,33,34)/t17?,19?,21-/m0/s1. The molecule has 1 saturated heterocycles. The van der Waals surface area contributed by atoms with Gasteiger partial charge < -0.3 is 19.1 Å². The Morgan fingerprint density at radius 3 is 2.76 bits per heavy atom. The molecule has 3 heterocycles. The average molecular weight is 510 g/mol. The van der Waals surface area contributed by atoms with E-state index in [9.17, 15) is 19.1 Å². The number of ether oxygens (including phenoxy) is 2. The number of carboxylic acid groups (broad SMARTS) is 1. The summed E-state index contributed by atoms with van der Waals surface area (Å²) in [5, 5.41) is 10.1. The summed E-state index contributed by atoms with van der Waals surface area (Å²) in [5.74, 6) is -1.80. The first-order chi connectivity index (χ1) is 17.8. The molecule has 2 aliphatic rings. The number of carbonyl (C=O) groups is 2. The number of halogens is 1. The van der Waals surface area contributed by atoms with E-state index in [0.29, 0.717) is 30.2 Å². The summed E-state index contributed by atoms with van der Waals surface area (Å²) in [4.78, 5) is 31.6. The number of aryl methyl sites for hydroxylation is 2. The smallest absolute Gasteiger partial charge is 0.414 e. The number of imidazole rings is 1. The van der Waals surface area contributed by atoms with Gasteiger partial charge >= 0.3 is 12.1 Å². The third kappa shape index (κ3) is 4.56. The quantitative estimate of drug-likeness (QED) is 0.511. The number of aromatic nitrogens is 2. The molecule has 0 bridgehead atoms. The van der Waals surface area contributed by atoms with E-state index in [1.807, 2.05) is 19.1 Å². The van der Waals surface area contributed by atoms with Crippen molar-refractivity contribution in [3.05, 3.63) is 58.7 Å². The lowest BCUT2D eigenvalue weighted by atomic mass is 9.94. The fraction of sp³-hybridized carbons (Fsp3) is 0.464. The first kappa shape index (κ1) is 25.2. The van der Waals surface area contributed by atoms with E-state index in [0.717, 1.165) is 48.0 Å². The van der Waals surface area contributed by atoms with Gasteiger partial charge in [0.2, 0.25) is 0 Å². The fourth-order valence-corrected chi connectivity index (χ4v) is 5.66. The van der Waals surface area contributed by atoms with Gasteiger partial charge in [0.05, 0.1) is 42.4 Å². The highest BCUT2D eigenvalue weighted by Crippen LogP contribution is 2.39. The molecule has 1 aromatic heterocycles. The van der Waals surface area contributed by atoms with Crippen molar-refractivity contribution in [1.82, 2.24) is 9.55 Å². The van der Waals surface area contributed by atoms with Gasteiger partial charge in [0.1, 0.15) is 11.6 Å². The number of benzene rings is 2. The Balaban J connectivity index is 1.65. The molecular formula is C28H32FN3O5. The van der Waals surface area contributed by atoms with Crippen molar-refractivity contribution in [2.45, 2.75) is 64.0 Å². The van der Waals surface area contributed by atoms with Gasteiger partial charge in [-0.3, -0.25) is 9.69 Å². The Morgan fingerprint density at radius 2 is 2.08 bits per heavy atom. The van der Waals surface area contributed by atoms with Gasteiger partial charge in [-0.05, 0) is 68.9 Å². The Bertz CT molecular complexity index is 1350. The van der Waals surface area contributed by atoms with E-state index in [4.69, 9.17) is 14.5 Å². The van der Waals surface area contributed by atoms with Crippen molar-refractivity contribution in [3.63, 3.8) is 0 Å². The highest BCUT2D eigenvalue weighted by Gasteiger charge is 2.33. The van der Waals surface area contributed by atoms with E-state index < -0.39 is 23.8 Å². The van der Waals surface area contributed by atoms with Crippen molar-refractivity contribution in [3.8, 4) is 0 Å². The van der Waals surface area contributed by atoms with Crippen LogP contribution < -0.4 is 4.90 Å². The molecule has 2 aromatic carbocycles. The fourth-order valence-electron chi connectivity index (χ4n) is 5.66. The minimum atomic E-state index is -1.03. The second kappa shape index (κ2) is 10.1. The van der Waals surface area contributed by atoms with Gasteiger partial charge in [0, 0.05) is 24.6 Å². The molecule has 0 aliphatic carbocycles. The molecule has 5 rings (SSSR count). The van der Waals surface area contributed by atoms with Crippen LogP contribution in [-0.4, -0.2) is 53.1 Å². The van der Waals surface area contributed by atoms with Gasteiger partial charge in [0.25, 0.3) is 0 Å². The SMILES string of the molecule is COC(=O)N1c2ccc3c(nc(C[C@H](C(=O)O)c4ccc(C)c(F)c4)n3C3CCCOC3)c2CCC1C. The maximum atomic E-state index is 14.4.